The summed E-state index contributed by atoms with van der Waals surface area (Å²) in [5.41, 5.74) is 5.53. The van der Waals surface area contributed by atoms with Crippen molar-refractivity contribution in [3.05, 3.63) is 62.7 Å². The minimum atomic E-state index is -0.742. The number of nitrogen functional groups attached to an aromatic ring is 1. The summed E-state index contributed by atoms with van der Waals surface area (Å²) in [6.45, 7) is 4.12. The summed E-state index contributed by atoms with van der Waals surface area (Å²) in [6, 6.07) is 5.36. The number of pyridine rings is 1. The van der Waals surface area contributed by atoms with Gasteiger partial charge in [-0.25, -0.2) is 14.5 Å². The number of hydrogen-bond donors (Lipinski definition) is 2. The number of ether oxygens (including phenoxy) is 1. The molecule has 0 saturated carbocycles. The van der Waals surface area contributed by atoms with Crippen LogP contribution in [0.25, 0.3) is 5.82 Å². The Hall–Kier alpha value is -3.73. The number of nitrogens with one attached hydrogen (secondary N) is 1. The maximum Gasteiger partial charge on any atom is 0.330 e. The summed E-state index contributed by atoms with van der Waals surface area (Å²) in [7, 11) is 1.48. The van der Waals surface area contributed by atoms with Gasteiger partial charge in [0.15, 0.2) is 11.5 Å². The van der Waals surface area contributed by atoms with Crippen LogP contribution in [0, 0.1) is 6.92 Å². The van der Waals surface area contributed by atoms with Gasteiger partial charge in [0.1, 0.15) is 5.82 Å². The highest BCUT2D eigenvalue weighted by Crippen LogP contribution is 2.21. The van der Waals surface area contributed by atoms with Gasteiger partial charge < -0.3 is 10.5 Å². The number of nitrogens with zero attached hydrogens (tertiary/aromatic N) is 5. The molecular formula is C20H25N7O4. The first-order valence-electron chi connectivity index (χ1n) is 9.80. The van der Waals surface area contributed by atoms with Crippen molar-refractivity contribution in [3.63, 3.8) is 0 Å². The first-order chi connectivity index (χ1) is 14.9. The summed E-state index contributed by atoms with van der Waals surface area (Å²) >= 11 is 0. The number of carbonyl (C=O) groups is 1. The second-order valence-corrected chi connectivity index (χ2v) is 6.84. The Labute approximate surface area is 178 Å². The summed E-state index contributed by atoms with van der Waals surface area (Å²) in [6.07, 6.45) is 3.66. The van der Waals surface area contributed by atoms with Gasteiger partial charge in [-0.1, -0.05) is 13.0 Å². The first-order valence-corrected chi connectivity index (χ1v) is 9.80. The zero-order chi connectivity index (χ0) is 22.5. The first kappa shape index (κ1) is 22.0. The van der Waals surface area contributed by atoms with E-state index in [1.54, 1.807) is 25.3 Å². The van der Waals surface area contributed by atoms with Crippen molar-refractivity contribution < 1.29 is 9.53 Å². The van der Waals surface area contributed by atoms with Crippen LogP contribution in [-0.2, 0) is 11.3 Å². The van der Waals surface area contributed by atoms with Gasteiger partial charge in [-0.05, 0) is 25.5 Å². The van der Waals surface area contributed by atoms with Gasteiger partial charge in [0.25, 0.3) is 11.5 Å². The normalized spacial score (nSPS) is 10.9. The van der Waals surface area contributed by atoms with E-state index in [0.717, 1.165) is 0 Å². The van der Waals surface area contributed by atoms with E-state index in [0.29, 0.717) is 24.5 Å². The number of anilines is 2. The van der Waals surface area contributed by atoms with Crippen molar-refractivity contribution >= 4 is 17.4 Å². The number of aromatic amines is 1. The number of nitrogens with two attached hydrogens (primary N) is 1. The van der Waals surface area contributed by atoms with Crippen molar-refractivity contribution in [2.24, 2.45) is 0 Å². The second-order valence-electron chi connectivity index (χ2n) is 6.84. The van der Waals surface area contributed by atoms with Crippen LogP contribution in [0.5, 0.6) is 0 Å². The van der Waals surface area contributed by atoms with Gasteiger partial charge in [0, 0.05) is 26.4 Å². The molecule has 1 amide bonds. The third-order valence-corrected chi connectivity index (χ3v) is 4.80. The van der Waals surface area contributed by atoms with Crippen molar-refractivity contribution in [2.45, 2.75) is 26.8 Å². The molecule has 164 valence electrons. The molecule has 0 bridgehead atoms. The molecule has 0 spiro atoms. The molecule has 3 heterocycles. The van der Waals surface area contributed by atoms with E-state index in [1.165, 1.54) is 27.5 Å². The number of methoxy groups -OCH3 is 1. The highest BCUT2D eigenvalue weighted by Gasteiger charge is 2.27. The van der Waals surface area contributed by atoms with Gasteiger partial charge in [0.2, 0.25) is 0 Å². The fraction of sp³-hybridized carbons (Fsp3) is 0.350. The molecule has 11 nitrogen and oxygen atoms in total. The molecule has 0 unspecified atom stereocenters. The summed E-state index contributed by atoms with van der Waals surface area (Å²) in [4.78, 5) is 46.0. The van der Waals surface area contributed by atoms with Gasteiger partial charge in [-0.3, -0.25) is 24.0 Å². The highest BCUT2D eigenvalue weighted by molar-refractivity contribution is 6.07. The average Bonchev–Trinajstić information content (AvgIpc) is 3.14. The maximum absolute atomic E-state index is 13.5. The van der Waals surface area contributed by atoms with E-state index in [-0.39, 0.29) is 30.2 Å². The Kier molecular flexibility index (Phi) is 6.65. The number of aromatic nitrogens is 5. The standard InChI is InChI=1S/C20H25N7O4/c1-4-9-26-17(21)16(18(28)24-20(26)30)25(10-11-31-3)19(29)14-12-23-27(13(14)2)15-7-5-6-8-22-15/h5-8,12H,4,9-11,21H2,1-3H3,(H,24,28,30). The number of carbonyl (C=O) groups excluding carboxylic acids is 1. The van der Waals surface area contributed by atoms with E-state index in [4.69, 9.17) is 10.5 Å². The highest BCUT2D eigenvalue weighted by atomic mass is 16.5. The quantitative estimate of drug-likeness (QED) is 0.539. The number of hydrogen-bond acceptors (Lipinski definition) is 7. The molecule has 0 aliphatic rings. The zero-order valence-corrected chi connectivity index (χ0v) is 17.7. The molecule has 0 saturated heterocycles. The van der Waals surface area contributed by atoms with E-state index in [9.17, 15) is 14.4 Å². The number of H-pyrrole nitrogens is 1. The zero-order valence-electron chi connectivity index (χ0n) is 17.7. The fourth-order valence-corrected chi connectivity index (χ4v) is 3.26. The van der Waals surface area contributed by atoms with E-state index in [2.05, 4.69) is 15.1 Å². The number of rotatable bonds is 8. The molecule has 3 rings (SSSR count). The Morgan fingerprint density at radius 2 is 2.10 bits per heavy atom. The average molecular weight is 427 g/mol. The molecule has 3 aromatic heterocycles. The molecule has 0 radical (unpaired) electrons. The lowest BCUT2D eigenvalue weighted by molar-refractivity contribution is 0.0975. The van der Waals surface area contributed by atoms with Crippen molar-refractivity contribution in [3.8, 4) is 5.82 Å². The molecule has 0 aromatic carbocycles. The van der Waals surface area contributed by atoms with Gasteiger partial charge in [0.05, 0.1) is 24.1 Å². The van der Waals surface area contributed by atoms with Crippen molar-refractivity contribution in [1.82, 2.24) is 24.3 Å². The Morgan fingerprint density at radius 1 is 1.32 bits per heavy atom. The third-order valence-electron chi connectivity index (χ3n) is 4.80. The minimum absolute atomic E-state index is 0.0567. The Bertz CT molecular complexity index is 1180. The van der Waals surface area contributed by atoms with Crippen LogP contribution >= 0.6 is 0 Å². The summed E-state index contributed by atoms with van der Waals surface area (Å²) in [5.74, 6) is -0.0122. The molecule has 11 heteroatoms. The molecule has 3 N–H and O–H groups in total. The minimum Gasteiger partial charge on any atom is -0.383 e. The lowest BCUT2D eigenvalue weighted by Crippen LogP contribution is -2.42. The van der Waals surface area contributed by atoms with Crippen molar-refractivity contribution in [1.29, 1.82) is 0 Å². The van der Waals surface area contributed by atoms with Crippen LogP contribution in [0.3, 0.4) is 0 Å². The second kappa shape index (κ2) is 9.39. The smallest absolute Gasteiger partial charge is 0.330 e. The van der Waals surface area contributed by atoms with Crippen LogP contribution in [0.2, 0.25) is 0 Å². The van der Waals surface area contributed by atoms with Crippen molar-refractivity contribution in [2.75, 3.05) is 30.9 Å². The molecule has 31 heavy (non-hydrogen) atoms. The molecule has 0 aliphatic heterocycles. The van der Waals surface area contributed by atoms with Crippen LogP contribution in [0.4, 0.5) is 11.5 Å². The topological polar surface area (TPSA) is 141 Å². The summed E-state index contributed by atoms with van der Waals surface area (Å²) < 4.78 is 7.90. The lowest BCUT2D eigenvalue weighted by atomic mass is 10.2. The van der Waals surface area contributed by atoms with E-state index >= 15 is 0 Å². The Morgan fingerprint density at radius 3 is 2.74 bits per heavy atom. The maximum atomic E-state index is 13.5. The molecular weight excluding hydrogens is 402 g/mol. The monoisotopic (exact) mass is 427 g/mol. The van der Waals surface area contributed by atoms with Crippen LogP contribution < -0.4 is 21.9 Å². The Balaban J connectivity index is 2.10. The molecule has 0 atom stereocenters. The van der Waals surface area contributed by atoms with Crippen LogP contribution in [0.1, 0.15) is 29.4 Å². The van der Waals surface area contributed by atoms with Crippen LogP contribution in [0.15, 0.2) is 40.2 Å². The van der Waals surface area contributed by atoms with E-state index < -0.39 is 17.2 Å². The molecule has 0 aliphatic carbocycles. The molecule has 0 fully saturated rings. The SMILES string of the molecule is CCCn1c(N)c(N(CCOC)C(=O)c2cnn(-c3ccccn3)c2C)c(=O)[nH]c1=O. The van der Waals surface area contributed by atoms with Gasteiger partial charge in [-0.2, -0.15) is 5.10 Å². The fourth-order valence-electron chi connectivity index (χ4n) is 3.26. The number of amides is 1. The largest absolute Gasteiger partial charge is 0.383 e. The van der Waals surface area contributed by atoms with Gasteiger partial charge >= 0.3 is 5.69 Å². The lowest BCUT2D eigenvalue weighted by Gasteiger charge is -2.24. The molecule has 3 aromatic rings. The predicted molar refractivity (Wildman–Crippen MR) is 116 cm³/mol. The van der Waals surface area contributed by atoms with E-state index in [1.807, 2.05) is 13.0 Å². The summed E-state index contributed by atoms with van der Waals surface area (Å²) in [5, 5.41) is 4.27. The predicted octanol–water partition coefficient (Wildman–Crippen LogP) is 0.711. The van der Waals surface area contributed by atoms with Crippen LogP contribution in [-0.4, -0.2) is 50.5 Å². The third kappa shape index (κ3) is 4.26. The van der Waals surface area contributed by atoms with Gasteiger partial charge in [-0.15, -0.1) is 0 Å².